The van der Waals surface area contributed by atoms with Crippen LogP contribution in [0.1, 0.15) is 45.3 Å². The number of rotatable bonds is 3. The van der Waals surface area contributed by atoms with E-state index in [9.17, 15) is 0 Å². The molecule has 94 valence electrons. The lowest BCUT2D eigenvalue weighted by Gasteiger charge is -2.25. The van der Waals surface area contributed by atoms with Crippen molar-refractivity contribution in [3.8, 4) is 0 Å². The van der Waals surface area contributed by atoms with Gasteiger partial charge < -0.3 is 9.47 Å². The van der Waals surface area contributed by atoms with Crippen LogP contribution < -0.4 is 0 Å². The Balaban J connectivity index is 2.27. The predicted molar refractivity (Wildman–Crippen MR) is 69.1 cm³/mol. The summed E-state index contributed by atoms with van der Waals surface area (Å²) in [4.78, 5) is 0. The molecule has 1 heterocycles. The lowest BCUT2D eigenvalue weighted by Crippen LogP contribution is -2.28. The highest BCUT2D eigenvalue weighted by atomic mass is 35.5. The van der Waals surface area contributed by atoms with Crippen LogP contribution in [0.15, 0.2) is 24.3 Å². The largest absolute Gasteiger partial charge is 0.344 e. The molecule has 1 aliphatic rings. The molecule has 0 saturated carbocycles. The molecule has 0 bridgehead atoms. The first-order chi connectivity index (χ1) is 8.12. The van der Waals surface area contributed by atoms with Gasteiger partial charge in [0.15, 0.2) is 5.79 Å². The van der Waals surface area contributed by atoms with Gasteiger partial charge in [-0.25, -0.2) is 0 Å². The van der Waals surface area contributed by atoms with Crippen molar-refractivity contribution in [2.75, 3.05) is 0 Å². The van der Waals surface area contributed by atoms with Crippen molar-refractivity contribution in [1.29, 1.82) is 0 Å². The topological polar surface area (TPSA) is 18.5 Å². The van der Waals surface area contributed by atoms with Gasteiger partial charge in [0.25, 0.3) is 0 Å². The molecule has 0 amide bonds. The first kappa shape index (κ1) is 12.9. The monoisotopic (exact) mass is 254 g/mol. The predicted octanol–water partition coefficient (Wildman–Crippen LogP) is 4.33. The molecule has 3 heteroatoms. The smallest absolute Gasteiger partial charge is 0.169 e. The maximum Gasteiger partial charge on any atom is 0.169 e. The second kappa shape index (κ2) is 4.97. The Labute approximate surface area is 108 Å². The summed E-state index contributed by atoms with van der Waals surface area (Å²) in [5.74, 6) is -0.441. The van der Waals surface area contributed by atoms with Gasteiger partial charge in [0, 0.05) is 10.6 Å². The standard InChI is InChI=1S/C14H19ClO2/c1-4-14(5-2)16-10(3)13(17-14)11-8-6-7-9-12(11)15/h6-10,13H,4-5H2,1-3H3/t10-,13+/m0/s1. The Bertz CT molecular complexity index is 388. The minimum atomic E-state index is -0.441. The highest BCUT2D eigenvalue weighted by Gasteiger charge is 2.44. The zero-order chi connectivity index (χ0) is 12.5. The molecule has 1 saturated heterocycles. The highest BCUT2D eigenvalue weighted by molar-refractivity contribution is 6.31. The third-order valence-corrected chi connectivity index (χ3v) is 3.80. The molecule has 0 radical (unpaired) electrons. The van der Waals surface area contributed by atoms with Crippen LogP contribution in [0.25, 0.3) is 0 Å². The molecule has 0 aromatic heterocycles. The molecule has 1 fully saturated rings. The van der Waals surface area contributed by atoms with Crippen LogP contribution in [-0.2, 0) is 9.47 Å². The second-order valence-corrected chi connectivity index (χ2v) is 4.91. The zero-order valence-corrected chi connectivity index (χ0v) is 11.3. The van der Waals surface area contributed by atoms with Crippen molar-refractivity contribution >= 4 is 11.6 Å². The van der Waals surface area contributed by atoms with Gasteiger partial charge in [-0.05, 0) is 25.8 Å². The Morgan fingerprint density at radius 2 is 1.82 bits per heavy atom. The molecule has 1 aliphatic heterocycles. The molecule has 0 unspecified atom stereocenters. The average molecular weight is 255 g/mol. The highest BCUT2D eigenvalue weighted by Crippen LogP contribution is 2.43. The van der Waals surface area contributed by atoms with Crippen molar-refractivity contribution in [3.63, 3.8) is 0 Å². The number of benzene rings is 1. The summed E-state index contributed by atoms with van der Waals surface area (Å²) in [5.41, 5.74) is 1.02. The summed E-state index contributed by atoms with van der Waals surface area (Å²) in [6.45, 7) is 6.22. The fourth-order valence-electron chi connectivity index (χ4n) is 2.36. The average Bonchev–Trinajstić information content (AvgIpc) is 2.68. The molecule has 17 heavy (non-hydrogen) atoms. The van der Waals surface area contributed by atoms with Crippen molar-refractivity contribution in [2.24, 2.45) is 0 Å². The fraction of sp³-hybridized carbons (Fsp3) is 0.571. The molecule has 1 aromatic rings. The van der Waals surface area contributed by atoms with E-state index in [1.165, 1.54) is 0 Å². The minimum absolute atomic E-state index is 0.0369. The minimum Gasteiger partial charge on any atom is -0.344 e. The zero-order valence-electron chi connectivity index (χ0n) is 10.6. The molecule has 2 nitrogen and oxygen atoms in total. The van der Waals surface area contributed by atoms with Crippen LogP contribution in [0.4, 0.5) is 0 Å². The van der Waals surface area contributed by atoms with Crippen molar-refractivity contribution < 1.29 is 9.47 Å². The molecule has 2 rings (SSSR count). The number of halogens is 1. The lowest BCUT2D eigenvalue weighted by molar-refractivity contribution is -0.178. The summed E-state index contributed by atoms with van der Waals surface area (Å²) >= 11 is 6.21. The number of hydrogen-bond donors (Lipinski definition) is 0. The van der Waals surface area contributed by atoms with Crippen molar-refractivity contribution in [2.45, 2.75) is 51.6 Å². The Hall–Kier alpha value is -0.570. The second-order valence-electron chi connectivity index (χ2n) is 4.50. The van der Waals surface area contributed by atoms with E-state index in [0.717, 1.165) is 23.4 Å². The first-order valence-electron chi connectivity index (χ1n) is 6.22. The SMILES string of the molecule is CCC1(CC)O[C@@H](C)[C@H](c2ccccc2Cl)O1. The van der Waals surface area contributed by atoms with E-state index in [1.807, 2.05) is 31.2 Å². The quantitative estimate of drug-likeness (QED) is 0.799. The van der Waals surface area contributed by atoms with E-state index in [4.69, 9.17) is 21.1 Å². The van der Waals surface area contributed by atoms with Crippen molar-refractivity contribution in [3.05, 3.63) is 34.9 Å². The molecule has 0 N–H and O–H groups in total. The Morgan fingerprint density at radius 3 is 2.35 bits per heavy atom. The van der Waals surface area contributed by atoms with Gasteiger partial charge in [-0.2, -0.15) is 0 Å². The summed E-state index contributed by atoms with van der Waals surface area (Å²) < 4.78 is 12.1. The fourth-order valence-corrected chi connectivity index (χ4v) is 2.60. The van der Waals surface area contributed by atoms with E-state index in [-0.39, 0.29) is 12.2 Å². The summed E-state index contributed by atoms with van der Waals surface area (Å²) in [7, 11) is 0. The van der Waals surface area contributed by atoms with Gasteiger partial charge in [-0.15, -0.1) is 0 Å². The normalized spacial score (nSPS) is 27.3. The van der Waals surface area contributed by atoms with Gasteiger partial charge in [0.1, 0.15) is 6.10 Å². The van der Waals surface area contributed by atoms with E-state index in [2.05, 4.69) is 13.8 Å². The molecule has 1 aromatic carbocycles. The van der Waals surface area contributed by atoms with E-state index in [1.54, 1.807) is 0 Å². The number of hydrogen-bond acceptors (Lipinski definition) is 2. The van der Waals surface area contributed by atoms with E-state index < -0.39 is 5.79 Å². The van der Waals surface area contributed by atoms with Gasteiger partial charge >= 0.3 is 0 Å². The van der Waals surface area contributed by atoms with Crippen molar-refractivity contribution in [1.82, 2.24) is 0 Å². The van der Waals surface area contributed by atoms with Gasteiger partial charge in [-0.3, -0.25) is 0 Å². The number of ether oxygens (including phenoxy) is 2. The Kier molecular flexibility index (Phi) is 3.76. The van der Waals surface area contributed by atoms with Crippen LogP contribution >= 0.6 is 11.6 Å². The van der Waals surface area contributed by atoms with Gasteiger partial charge in [0.05, 0.1) is 6.10 Å². The summed E-state index contributed by atoms with van der Waals surface area (Å²) in [6, 6.07) is 7.81. The first-order valence-corrected chi connectivity index (χ1v) is 6.59. The van der Waals surface area contributed by atoms with E-state index >= 15 is 0 Å². The third-order valence-electron chi connectivity index (χ3n) is 3.46. The maximum atomic E-state index is 6.21. The molecule has 0 spiro atoms. The van der Waals surface area contributed by atoms with E-state index in [0.29, 0.717) is 0 Å². The molecule has 2 atom stereocenters. The maximum absolute atomic E-state index is 6.21. The molecular weight excluding hydrogens is 236 g/mol. The van der Waals surface area contributed by atoms with Crippen LogP contribution in [0.2, 0.25) is 5.02 Å². The third kappa shape index (κ3) is 2.35. The summed E-state index contributed by atoms with van der Waals surface area (Å²) in [6.07, 6.45) is 1.68. The Morgan fingerprint density at radius 1 is 1.18 bits per heavy atom. The summed E-state index contributed by atoms with van der Waals surface area (Å²) in [5, 5.41) is 0.746. The van der Waals surface area contributed by atoms with Gasteiger partial charge in [-0.1, -0.05) is 43.6 Å². The van der Waals surface area contributed by atoms with Gasteiger partial charge in [0.2, 0.25) is 0 Å². The molecule has 0 aliphatic carbocycles. The van der Waals surface area contributed by atoms with Crippen LogP contribution in [0.3, 0.4) is 0 Å². The van der Waals surface area contributed by atoms with Crippen LogP contribution in [0.5, 0.6) is 0 Å². The molecular formula is C14H19ClO2. The van der Waals surface area contributed by atoms with Crippen LogP contribution in [-0.4, -0.2) is 11.9 Å². The van der Waals surface area contributed by atoms with Crippen LogP contribution in [0, 0.1) is 0 Å². The lowest BCUT2D eigenvalue weighted by atomic mass is 10.1.